The van der Waals surface area contributed by atoms with E-state index in [1.165, 1.54) is 6.92 Å². The SMILES string of the molecule is CC(C)(C)NC(=O)NCCC(C)(N)C(F)F. The van der Waals surface area contributed by atoms with E-state index in [0.29, 0.717) is 0 Å². The number of alkyl halides is 2. The fourth-order valence-electron chi connectivity index (χ4n) is 0.939. The average molecular weight is 237 g/mol. The highest BCUT2D eigenvalue weighted by atomic mass is 19.3. The fourth-order valence-corrected chi connectivity index (χ4v) is 0.939. The zero-order valence-corrected chi connectivity index (χ0v) is 10.2. The quantitative estimate of drug-likeness (QED) is 0.693. The van der Waals surface area contributed by atoms with Gasteiger partial charge in [-0.1, -0.05) is 0 Å². The van der Waals surface area contributed by atoms with E-state index in [1.54, 1.807) is 0 Å². The summed E-state index contributed by atoms with van der Waals surface area (Å²) in [6, 6.07) is -0.377. The van der Waals surface area contributed by atoms with Crippen LogP contribution in [0.4, 0.5) is 13.6 Å². The van der Waals surface area contributed by atoms with Crippen LogP contribution in [0.3, 0.4) is 0 Å². The van der Waals surface area contributed by atoms with Gasteiger partial charge in [-0.25, -0.2) is 13.6 Å². The van der Waals surface area contributed by atoms with Crippen molar-refractivity contribution in [1.82, 2.24) is 10.6 Å². The molecule has 0 aromatic carbocycles. The number of carbonyl (C=O) groups is 1. The molecule has 16 heavy (non-hydrogen) atoms. The second kappa shape index (κ2) is 5.43. The summed E-state index contributed by atoms with van der Waals surface area (Å²) < 4.78 is 24.7. The Balaban J connectivity index is 3.87. The van der Waals surface area contributed by atoms with Gasteiger partial charge in [0.1, 0.15) is 0 Å². The standard InChI is InChI=1S/C10H21F2N3O/c1-9(2,3)15-8(16)14-6-5-10(4,13)7(11)12/h7H,5-6,13H2,1-4H3,(H2,14,15,16). The number of hydrogen-bond acceptors (Lipinski definition) is 2. The van der Waals surface area contributed by atoms with Gasteiger partial charge in [0.25, 0.3) is 6.43 Å². The van der Waals surface area contributed by atoms with Gasteiger partial charge in [0.15, 0.2) is 0 Å². The topological polar surface area (TPSA) is 67.2 Å². The van der Waals surface area contributed by atoms with Crippen LogP contribution in [0.1, 0.15) is 34.1 Å². The zero-order valence-electron chi connectivity index (χ0n) is 10.2. The van der Waals surface area contributed by atoms with Gasteiger partial charge < -0.3 is 16.4 Å². The van der Waals surface area contributed by atoms with Crippen LogP contribution < -0.4 is 16.4 Å². The van der Waals surface area contributed by atoms with Crippen LogP contribution in [0.15, 0.2) is 0 Å². The predicted octanol–water partition coefficient (Wildman–Crippen LogP) is 1.46. The Kier molecular flexibility index (Phi) is 5.12. The second-order valence-electron chi connectivity index (χ2n) is 5.19. The molecule has 4 N–H and O–H groups in total. The highest BCUT2D eigenvalue weighted by molar-refractivity contribution is 5.74. The Morgan fingerprint density at radius 2 is 1.81 bits per heavy atom. The average Bonchev–Trinajstić information content (AvgIpc) is 1.99. The lowest BCUT2D eigenvalue weighted by molar-refractivity contribution is 0.0593. The predicted molar refractivity (Wildman–Crippen MR) is 59.5 cm³/mol. The van der Waals surface area contributed by atoms with E-state index in [0.717, 1.165) is 0 Å². The van der Waals surface area contributed by atoms with Gasteiger partial charge in [0.05, 0.1) is 5.54 Å². The van der Waals surface area contributed by atoms with E-state index in [1.807, 2.05) is 20.8 Å². The van der Waals surface area contributed by atoms with Crippen molar-refractivity contribution in [3.63, 3.8) is 0 Å². The summed E-state index contributed by atoms with van der Waals surface area (Å²) in [6.07, 6.45) is -2.57. The molecule has 6 heteroatoms. The number of rotatable bonds is 4. The molecule has 0 saturated heterocycles. The zero-order chi connectivity index (χ0) is 13.0. The Bertz CT molecular complexity index is 237. The molecule has 0 aliphatic heterocycles. The molecule has 0 aliphatic rings. The molecule has 0 fully saturated rings. The third-order valence-corrected chi connectivity index (χ3v) is 1.94. The van der Waals surface area contributed by atoms with Crippen LogP contribution in [0.2, 0.25) is 0 Å². The summed E-state index contributed by atoms with van der Waals surface area (Å²) in [6.45, 7) is 6.89. The minimum Gasteiger partial charge on any atom is -0.338 e. The number of carbonyl (C=O) groups excluding carboxylic acids is 1. The maximum atomic E-state index is 12.4. The van der Waals surface area contributed by atoms with Gasteiger partial charge in [0, 0.05) is 12.1 Å². The third-order valence-electron chi connectivity index (χ3n) is 1.94. The van der Waals surface area contributed by atoms with Crippen LogP contribution in [-0.2, 0) is 0 Å². The highest BCUT2D eigenvalue weighted by Crippen LogP contribution is 2.15. The molecular formula is C10H21F2N3O. The molecule has 0 aromatic heterocycles. The van der Waals surface area contributed by atoms with E-state index in [9.17, 15) is 13.6 Å². The van der Waals surface area contributed by atoms with E-state index >= 15 is 0 Å². The van der Waals surface area contributed by atoms with Crippen molar-refractivity contribution >= 4 is 6.03 Å². The van der Waals surface area contributed by atoms with Gasteiger partial charge in [-0.2, -0.15) is 0 Å². The van der Waals surface area contributed by atoms with Crippen LogP contribution in [-0.4, -0.2) is 30.1 Å². The maximum Gasteiger partial charge on any atom is 0.315 e. The van der Waals surface area contributed by atoms with Crippen molar-refractivity contribution < 1.29 is 13.6 Å². The van der Waals surface area contributed by atoms with Crippen molar-refractivity contribution in [1.29, 1.82) is 0 Å². The van der Waals surface area contributed by atoms with E-state index in [2.05, 4.69) is 10.6 Å². The first-order valence-corrected chi connectivity index (χ1v) is 5.18. The number of amides is 2. The Labute approximate surface area is 95.0 Å². The van der Waals surface area contributed by atoms with Crippen LogP contribution in [0.25, 0.3) is 0 Å². The molecule has 0 aromatic rings. The van der Waals surface area contributed by atoms with Crippen molar-refractivity contribution in [3.05, 3.63) is 0 Å². The summed E-state index contributed by atoms with van der Waals surface area (Å²) >= 11 is 0. The molecule has 0 rings (SSSR count). The Hall–Kier alpha value is -0.910. The number of halogens is 2. The molecule has 4 nitrogen and oxygen atoms in total. The van der Waals surface area contributed by atoms with Crippen molar-refractivity contribution in [2.75, 3.05) is 6.54 Å². The lowest BCUT2D eigenvalue weighted by Gasteiger charge is -2.25. The molecule has 0 aliphatic carbocycles. The van der Waals surface area contributed by atoms with Crippen LogP contribution in [0, 0.1) is 0 Å². The third kappa shape index (κ3) is 6.55. The monoisotopic (exact) mass is 237 g/mol. The van der Waals surface area contributed by atoms with E-state index in [4.69, 9.17) is 5.73 Å². The van der Waals surface area contributed by atoms with Gasteiger partial charge in [0.2, 0.25) is 0 Å². The Morgan fingerprint density at radius 3 is 2.19 bits per heavy atom. The first-order valence-electron chi connectivity index (χ1n) is 5.18. The Morgan fingerprint density at radius 1 is 1.31 bits per heavy atom. The molecule has 2 amide bonds. The summed E-state index contributed by atoms with van der Waals surface area (Å²) in [4.78, 5) is 11.3. The van der Waals surface area contributed by atoms with Crippen molar-refractivity contribution in [2.24, 2.45) is 5.73 Å². The minimum atomic E-state index is -2.60. The number of nitrogens with two attached hydrogens (primary N) is 1. The summed E-state index contributed by atoms with van der Waals surface area (Å²) in [5, 5.41) is 5.14. The van der Waals surface area contributed by atoms with Gasteiger partial charge in [-0.05, 0) is 34.1 Å². The minimum absolute atomic E-state index is 0.0300. The number of hydrogen-bond donors (Lipinski definition) is 3. The lowest BCUT2D eigenvalue weighted by Crippen LogP contribution is -2.50. The molecule has 96 valence electrons. The number of urea groups is 1. The fraction of sp³-hybridized carbons (Fsp3) is 0.900. The van der Waals surface area contributed by atoms with E-state index in [-0.39, 0.29) is 24.5 Å². The molecule has 1 unspecified atom stereocenters. The molecule has 0 heterocycles. The lowest BCUT2D eigenvalue weighted by atomic mass is 10.0. The van der Waals surface area contributed by atoms with Gasteiger partial charge in [-0.15, -0.1) is 0 Å². The second-order valence-corrected chi connectivity index (χ2v) is 5.19. The van der Waals surface area contributed by atoms with Crippen LogP contribution in [0.5, 0.6) is 0 Å². The summed E-state index contributed by atoms with van der Waals surface area (Å²) in [5.41, 5.74) is 3.44. The normalized spacial score (nSPS) is 15.8. The largest absolute Gasteiger partial charge is 0.338 e. The maximum absolute atomic E-state index is 12.4. The van der Waals surface area contributed by atoms with Gasteiger partial charge >= 0.3 is 6.03 Å². The van der Waals surface area contributed by atoms with Gasteiger partial charge in [-0.3, -0.25) is 0 Å². The molecular weight excluding hydrogens is 216 g/mol. The highest BCUT2D eigenvalue weighted by Gasteiger charge is 2.29. The number of nitrogens with one attached hydrogen (secondary N) is 2. The molecule has 0 bridgehead atoms. The smallest absolute Gasteiger partial charge is 0.315 e. The molecule has 0 saturated carbocycles. The van der Waals surface area contributed by atoms with Crippen molar-refractivity contribution in [3.8, 4) is 0 Å². The van der Waals surface area contributed by atoms with Crippen molar-refractivity contribution in [2.45, 2.75) is 51.6 Å². The molecule has 0 radical (unpaired) electrons. The molecule has 1 atom stereocenters. The summed E-state index contributed by atoms with van der Waals surface area (Å²) in [7, 11) is 0. The summed E-state index contributed by atoms with van der Waals surface area (Å²) in [5.74, 6) is 0. The van der Waals surface area contributed by atoms with Crippen LogP contribution >= 0.6 is 0 Å². The molecule has 0 spiro atoms. The van der Waals surface area contributed by atoms with E-state index < -0.39 is 12.0 Å². The first kappa shape index (κ1) is 15.1. The first-order chi connectivity index (χ1) is 7.04.